The molecule has 0 saturated heterocycles. The number of hydrogen-bond acceptors (Lipinski definition) is 2. The van der Waals surface area contributed by atoms with Crippen molar-refractivity contribution < 1.29 is 4.39 Å². The Labute approximate surface area is 100 Å². The van der Waals surface area contributed by atoms with Crippen molar-refractivity contribution >= 4 is 17.0 Å². The van der Waals surface area contributed by atoms with Gasteiger partial charge in [0.2, 0.25) is 5.95 Å². The average molecular weight is 235 g/mol. The molecule has 0 aliphatic heterocycles. The Hall–Kier alpha value is -1.58. The molecular weight excluding hydrogens is 217 g/mol. The van der Waals surface area contributed by atoms with Crippen LogP contribution in [0.4, 0.5) is 10.3 Å². The van der Waals surface area contributed by atoms with E-state index in [0.29, 0.717) is 11.5 Å². The highest BCUT2D eigenvalue weighted by atomic mass is 19.1. The standard InChI is InChI=1S/C13H18FN3/c1-4-13(2,3)8-17-11-6-5-9(14)7-10(11)16-12(17)15/h5-7H,4,8H2,1-3H3,(H2,15,16). The summed E-state index contributed by atoms with van der Waals surface area (Å²) in [5, 5.41) is 0. The summed E-state index contributed by atoms with van der Waals surface area (Å²) < 4.78 is 15.0. The molecule has 0 radical (unpaired) electrons. The van der Waals surface area contributed by atoms with Gasteiger partial charge in [-0.25, -0.2) is 9.37 Å². The molecule has 0 amide bonds. The Kier molecular flexibility index (Phi) is 2.81. The molecule has 0 unspecified atom stereocenters. The first-order valence-corrected chi connectivity index (χ1v) is 5.84. The number of nitrogen functional groups attached to an aromatic ring is 1. The van der Waals surface area contributed by atoms with Crippen molar-refractivity contribution in [1.29, 1.82) is 0 Å². The van der Waals surface area contributed by atoms with Gasteiger partial charge in [-0.05, 0) is 24.0 Å². The fraction of sp³-hybridized carbons (Fsp3) is 0.462. The normalized spacial score (nSPS) is 12.2. The van der Waals surface area contributed by atoms with Gasteiger partial charge in [0.1, 0.15) is 5.82 Å². The van der Waals surface area contributed by atoms with Crippen molar-refractivity contribution in [2.45, 2.75) is 33.7 Å². The van der Waals surface area contributed by atoms with E-state index < -0.39 is 0 Å². The minimum Gasteiger partial charge on any atom is -0.369 e. The quantitative estimate of drug-likeness (QED) is 0.887. The zero-order valence-corrected chi connectivity index (χ0v) is 10.5. The number of rotatable bonds is 3. The molecule has 1 aromatic carbocycles. The summed E-state index contributed by atoms with van der Waals surface area (Å²) in [4.78, 5) is 4.19. The Morgan fingerprint density at radius 1 is 1.41 bits per heavy atom. The van der Waals surface area contributed by atoms with Crippen LogP contribution < -0.4 is 5.73 Å². The first-order chi connectivity index (χ1) is 7.93. The molecule has 0 fully saturated rings. The average Bonchev–Trinajstić information content (AvgIpc) is 2.54. The van der Waals surface area contributed by atoms with E-state index in [1.807, 2.05) is 4.57 Å². The lowest BCUT2D eigenvalue weighted by Crippen LogP contribution is -2.19. The predicted octanol–water partition coefficient (Wildman–Crippen LogP) is 3.19. The molecule has 0 aliphatic carbocycles. The highest BCUT2D eigenvalue weighted by Crippen LogP contribution is 2.27. The van der Waals surface area contributed by atoms with Crippen molar-refractivity contribution in [3.63, 3.8) is 0 Å². The smallest absolute Gasteiger partial charge is 0.201 e. The number of nitrogens with two attached hydrogens (primary N) is 1. The number of fused-ring (bicyclic) bond motifs is 1. The molecule has 0 spiro atoms. The van der Waals surface area contributed by atoms with Crippen LogP contribution in [0.5, 0.6) is 0 Å². The number of imidazole rings is 1. The van der Waals surface area contributed by atoms with Gasteiger partial charge < -0.3 is 10.3 Å². The maximum absolute atomic E-state index is 13.1. The Morgan fingerprint density at radius 2 is 2.12 bits per heavy atom. The van der Waals surface area contributed by atoms with E-state index in [-0.39, 0.29) is 11.2 Å². The summed E-state index contributed by atoms with van der Waals surface area (Å²) in [6.45, 7) is 7.30. The molecule has 2 N–H and O–H groups in total. The van der Waals surface area contributed by atoms with E-state index in [1.165, 1.54) is 12.1 Å². The lowest BCUT2D eigenvalue weighted by atomic mass is 9.90. The Morgan fingerprint density at radius 3 is 2.76 bits per heavy atom. The SMILES string of the molecule is CCC(C)(C)Cn1c(N)nc2cc(F)ccc21. The van der Waals surface area contributed by atoms with E-state index in [1.54, 1.807) is 6.07 Å². The molecule has 2 rings (SSSR count). The van der Waals surface area contributed by atoms with E-state index in [0.717, 1.165) is 18.5 Å². The van der Waals surface area contributed by atoms with Gasteiger partial charge in [-0.1, -0.05) is 20.8 Å². The maximum Gasteiger partial charge on any atom is 0.201 e. The molecule has 0 aliphatic rings. The minimum atomic E-state index is -0.281. The number of aromatic nitrogens is 2. The van der Waals surface area contributed by atoms with E-state index in [2.05, 4.69) is 25.8 Å². The van der Waals surface area contributed by atoms with Crippen molar-refractivity contribution in [2.75, 3.05) is 5.73 Å². The number of halogens is 1. The molecule has 2 aromatic rings. The van der Waals surface area contributed by atoms with E-state index >= 15 is 0 Å². The number of nitrogens with zero attached hydrogens (tertiary/aromatic N) is 2. The van der Waals surface area contributed by atoms with Crippen LogP contribution in [0, 0.1) is 11.2 Å². The van der Waals surface area contributed by atoms with Crippen LogP contribution >= 0.6 is 0 Å². The van der Waals surface area contributed by atoms with Gasteiger partial charge in [0, 0.05) is 12.6 Å². The van der Waals surface area contributed by atoms with Crippen LogP contribution in [-0.2, 0) is 6.54 Å². The zero-order chi connectivity index (χ0) is 12.6. The zero-order valence-electron chi connectivity index (χ0n) is 10.5. The second-order valence-corrected chi connectivity index (χ2v) is 5.21. The molecular formula is C13H18FN3. The van der Waals surface area contributed by atoms with Gasteiger partial charge in [0.15, 0.2) is 0 Å². The molecule has 1 heterocycles. The fourth-order valence-corrected chi connectivity index (χ4v) is 1.83. The highest BCUT2D eigenvalue weighted by Gasteiger charge is 2.19. The van der Waals surface area contributed by atoms with Gasteiger partial charge in [-0.3, -0.25) is 0 Å². The fourth-order valence-electron chi connectivity index (χ4n) is 1.83. The second kappa shape index (κ2) is 4.02. The lowest BCUT2D eigenvalue weighted by Gasteiger charge is -2.24. The highest BCUT2D eigenvalue weighted by molar-refractivity contribution is 5.78. The molecule has 0 saturated carbocycles. The largest absolute Gasteiger partial charge is 0.369 e. The van der Waals surface area contributed by atoms with Crippen LogP contribution in [0.25, 0.3) is 11.0 Å². The van der Waals surface area contributed by atoms with Crippen molar-refractivity contribution in [1.82, 2.24) is 9.55 Å². The molecule has 3 nitrogen and oxygen atoms in total. The van der Waals surface area contributed by atoms with Crippen LogP contribution in [0.3, 0.4) is 0 Å². The molecule has 4 heteroatoms. The maximum atomic E-state index is 13.1. The Balaban J connectivity index is 2.50. The lowest BCUT2D eigenvalue weighted by molar-refractivity contribution is 0.300. The third-order valence-electron chi connectivity index (χ3n) is 3.28. The number of hydrogen-bond donors (Lipinski definition) is 1. The molecule has 0 bridgehead atoms. The summed E-state index contributed by atoms with van der Waals surface area (Å²) in [5.41, 5.74) is 7.56. The third kappa shape index (κ3) is 2.25. The molecule has 17 heavy (non-hydrogen) atoms. The first kappa shape index (κ1) is 11.9. The monoisotopic (exact) mass is 235 g/mol. The van der Waals surface area contributed by atoms with Gasteiger partial charge in [0.05, 0.1) is 11.0 Å². The minimum absolute atomic E-state index is 0.149. The second-order valence-electron chi connectivity index (χ2n) is 5.21. The predicted molar refractivity (Wildman–Crippen MR) is 68.2 cm³/mol. The molecule has 0 atom stereocenters. The summed E-state index contributed by atoms with van der Waals surface area (Å²) in [6, 6.07) is 4.60. The summed E-state index contributed by atoms with van der Waals surface area (Å²) in [6.07, 6.45) is 1.05. The summed E-state index contributed by atoms with van der Waals surface area (Å²) >= 11 is 0. The van der Waals surface area contributed by atoms with Gasteiger partial charge >= 0.3 is 0 Å². The van der Waals surface area contributed by atoms with Crippen LogP contribution in [0.2, 0.25) is 0 Å². The van der Waals surface area contributed by atoms with Crippen molar-refractivity contribution in [2.24, 2.45) is 5.41 Å². The number of benzene rings is 1. The first-order valence-electron chi connectivity index (χ1n) is 5.84. The van der Waals surface area contributed by atoms with Crippen molar-refractivity contribution in [3.05, 3.63) is 24.0 Å². The van der Waals surface area contributed by atoms with Crippen LogP contribution in [-0.4, -0.2) is 9.55 Å². The number of anilines is 1. The van der Waals surface area contributed by atoms with Gasteiger partial charge in [-0.15, -0.1) is 0 Å². The van der Waals surface area contributed by atoms with E-state index in [9.17, 15) is 4.39 Å². The summed E-state index contributed by atoms with van der Waals surface area (Å²) in [5.74, 6) is 0.170. The molecule has 92 valence electrons. The van der Waals surface area contributed by atoms with Gasteiger partial charge in [-0.2, -0.15) is 0 Å². The Bertz CT molecular complexity index is 543. The van der Waals surface area contributed by atoms with Crippen molar-refractivity contribution in [3.8, 4) is 0 Å². The molecule has 1 aromatic heterocycles. The summed E-state index contributed by atoms with van der Waals surface area (Å²) in [7, 11) is 0. The topological polar surface area (TPSA) is 43.8 Å². The third-order valence-corrected chi connectivity index (χ3v) is 3.28. The van der Waals surface area contributed by atoms with Crippen LogP contribution in [0.1, 0.15) is 27.2 Å². The van der Waals surface area contributed by atoms with Crippen LogP contribution in [0.15, 0.2) is 18.2 Å². The van der Waals surface area contributed by atoms with E-state index in [4.69, 9.17) is 5.73 Å². The van der Waals surface area contributed by atoms with Gasteiger partial charge in [0.25, 0.3) is 0 Å².